The van der Waals surface area contributed by atoms with Gasteiger partial charge in [0.05, 0.1) is 55.8 Å². The van der Waals surface area contributed by atoms with Crippen LogP contribution >= 0.6 is 0 Å². The molecule has 2 atom stereocenters. The molecule has 0 radical (unpaired) electrons. The number of benzene rings is 1. The van der Waals surface area contributed by atoms with Crippen molar-refractivity contribution in [1.29, 1.82) is 0 Å². The van der Waals surface area contributed by atoms with E-state index >= 15 is 0 Å². The number of nitrogens with zero attached hydrogens (tertiary/aromatic N) is 6. The van der Waals surface area contributed by atoms with E-state index in [1.807, 2.05) is 0 Å². The van der Waals surface area contributed by atoms with Crippen LogP contribution in [-0.4, -0.2) is 69.1 Å². The van der Waals surface area contributed by atoms with Crippen LogP contribution in [0.15, 0.2) is 37.1 Å². The van der Waals surface area contributed by atoms with Crippen molar-refractivity contribution in [2.24, 2.45) is 5.73 Å². The van der Waals surface area contributed by atoms with Crippen LogP contribution in [0.3, 0.4) is 0 Å². The van der Waals surface area contributed by atoms with Gasteiger partial charge in [0.2, 0.25) is 0 Å². The van der Waals surface area contributed by atoms with E-state index in [0.29, 0.717) is 61.4 Å². The zero-order valence-electron chi connectivity index (χ0n) is 21.9. The number of hydrogen-bond acceptors (Lipinski definition) is 9. The number of ether oxygens (including phenoxy) is 2. The second kappa shape index (κ2) is 10.8. The monoisotopic (exact) mass is 572 g/mol. The van der Waals surface area contributed by atoms with E-state index in [0.717, 1.165) is 18.9 Å². The molecule has 2 saturated heterocycles. The molecule has 14 heteroatoms. The number of anilines is 2. The first kappa shape index (κ1) is 27.3. The number of fused-ring (bicyclic) bond motifs is 1. The maximum atomic E-state index is 14.2. The summed E-state index contributed by atoms with van der Waals surface area (Å²) >= 11 is 0. The molecule has 0 saturated carbocycles. The maximum absolute atomic E-state index is 14.2. The third-order valence-electron chi connectivity index (χ3n) is 7.69. The van der Waals surface area contributed by atoms with Crippen LogP contribution in [0.5, 0.6) is 0 Å². The third kappa shape index (κ3) is 5.18. The lowest BCUT2D eigenvalue weighted by molar-refractivity contribution is -0.119. The molecule has 2 aliphatic heterocycles. The molecule has 0 spiro atoms. The summed E-state index contributed by atoms with van der Waals surface area (Å²) in [4.78, 5) is 19.1. The lowest BCUT2D eigenvalue weighted by Gasteiger charge is -2.46. The van der Waals surface area contributed by atoms with Gasteiger partial charge in [-0.3, -0.25) is 4.98 Å². The fourth-order valence-electron chi connectivity index (χ4n) is 5.61. The van der Waals surface area contributed by atoms with Crippen molar-refractivity contribution in [1.82, 2.24) is 24.5 Å². The summed E-state index contributed by atoms with van der Waals surface area (Å²) in [7, 11) is 0. The Morgan fingerprint density at radius 1 is 1.07 bits per heavy atom. The topological polar surface area (TPSA) is 130 Å². The minimum atomic E-state index is -3.04. The molecule has 0 amide bonds. The van der Waals surface area contributed by atoms with E-state index in [2.05, 4.69) is 24.8 Å². The number of nitrogen functional groups attached to an aromatic ring is 1. The minimum Gasteiger partial charge on any atom is -0.382 e. The van der Waals surface area contributed by atoms with Gasteiger partial charge in [-0.1, -0.05) is 0 Å². The van der Waals surface area contributed by atoms with Gasteiger partial charge < -0.3 is 30.4 Å². The summed E-state index contributed by atoms with van der Waals surface area (Å²) in [5.74, 6) is -2.39. The van der Waals surface area contributed by atoms with Gasteiger partial charge in [0, 0.05) is 24.2 Å². The quantitative estimate of drug-likeness (QED) is 0.334. The second-order valence-corrected chi connectivity index (χ2v) is 10.3. The van der Waals surface area contributed by atoms with Crippen LogP contribution in [0.4, 0.5) is 29.1 Å². The molecule has 3 aromatic heterocycles. The predicted octanol–water partition coefficient (Wildman–Crippen LogP) is 3.45. The van der Waals surface area contributed by atoms with Gasteiger partial charge >= 0.3 is 0 Å². The lowest BCUT2D eigenvalue weighted by Crippen LogP contribution is -2.64. The van der Waals surface area contributed by atoms with Gasteiger partial charge in [-0.15, -0.1) is 0 Å². The molecule has 10 nitrogen and oxygen atoms in total. The number of alkyl halides is 2. The molecule has 0 aliphatic carbocycles. The molecule has 4 aromatic rings. The number of aromatic nitrogens is 5. The van der Waals surface area contributed by atoms with E-state index in [4.69, 9.17) is 20.9 Å². The van der Waals surface area contributed by atoms with Gasteiger partial charge in [0.25, 0.3) is 6.43 Å². The van der Waals surface area contributed by atoms with Crippen molar-refractivity contribution >= 4 is 22.7 Å². The Balaban J connectivity index is 1.44. The molecular weight excluding hydrogens is 544 g/mol. The molecule has 6 rings (SSSR count). The molecule has 1 aromatic carbocycles. The van der Waals surface area contributed by atoms with E-state index in [1.54, 1.807) is 23.2 Å². The van der Waals surface area contributed by atoms with Crippen LogP contribution in [0.2, 0.25) is 0 Å². The Labute approximate surface area is 232 Å². The van der Waals surface area contributed by atoms with Crippen LogP contribution in [0.1, 0.15) is 30.4 Å². The first-order valence-electron chi connectivity index (χ1n) is 13.1. The predicted molar refractivity (Wildman–Crippen MR) is 142 cm³/mol. The lowest BCUT2D eigenvalue weighted by atomic mass is 9.84. The molecular formula is C27H28F4N8O2. The van der Waals surface area contributed by atoms with Crippen molar-refractivity contribution in [3.8, 4) is 11.3 Å². The Kier molecular flexibility index (Phi) is 7.21. The van der Waals surface area contributed by atoms with Gasteiger partial charge in [0.15, 0.2) is 23.1 Å². The van der Waals surface area contributed by atoms with Crippen molar-refractivity contribution in [2.75, 3.05) is 43.5 Å². The van der Waals surface area contributed by atoms with Gasteiger partial charge in [-0.2, -0.15) is 0 Å². The van der Waals surface area contributed by atoms with Crippen LogP contribution in [-0.2, 0) is 16.0 Å². The summed E-state index contributed by atoms with van der Waals surface area (Å²) in [6, 6.07) is 2.85. The molecule has 0 unspecified atom stereocenters. The molecule has 4 N–H and O–H groups in total. The summed E-state index contributed by atoms with van der Waals surface area (Å²) in [6.45, 7) is 2.66. The number of nitrogens with two attached hydrogens (primary N) is 2. The Hall–Kier alpha value is -3.88. The number of piperidine rings is 1. The standard InChI is InChI=1S/C27H28F4N8O2/c28-18-7-16(17(24(30)31)8-19(18)29)20-6-15(10-39-14-37-23-25(32)35-13-36-26(23)39)21(9-34-20)38-3-1-2-27(33,12-38)22-11-40-4-5-41-22/h6-9,13-14,22,24H,1-5,10-12,33H2,(H2,32,35,36)/t22-,27+/m0/s1. The first-order valence-corrected chi connectivity index (χ1v) is 13.1. The fraction of sp³-hybridized carbons (Fsp3) is 0.407. The average molecular weight is 573 g/mol. The highest BCUT2D eigenvalue weighted by molar-refractivity contribution is 5.81. The number of rotatable bonds is 6. The molecule has 0 bridgehead atoms. The summed E-state index contributed by atoms with van der Waals surface area (Å²) < 4.78 is 69.2. The van der Waals surface area contributed by atoms with Crippen molar-refractivity contribution in [3.05, 3.63) is 59.8 Å². The molecule has 216 valence electrons. The first-order chi connectivity index (χ1) is 19.7. The number of imidazole rings is 1. The molecule has 5 heterocycles. The largest absolute Gasteiger partial charge is 0.382 e. The number of pyridine rings is 1. The van der Waals surface area contributed by atoms with Crippen molar-refractivity contribution in [3.63, 3.8) is 0 Å². The summed E-state index contributed by atoms with van der Waals surface area (Å²) in [6.07, 6.45) is 2.60. The van der Waals surface area contributed by atoms with E-state index in [-0.39, 0.29) is 29.7 Å². The van der Waals surface area contributed by atoms with Crippen LogP contribution < -0.4 is 16.4 Å². The highest BCUT2D eigenvalue weighted by Crippen LogP contribution is 2.36. The van der Waals surface area contributed by atoms with Gasteiger partial charge in [-0.25, -0.2) is 32.5 Å². The molecule has 2 aliphatic rings. The SMILES string of the molecule is Nc1ncnc2c1ncn2Cc1cc(-c2cc(F)c(F)cc2C(F)F)ncc1N1CCC[C@](N)([C@@H]2COCCO2)C1. The van der Waals surface area contributed by atoms with Crippen LogP contribution in [0.25, 0.3) is 22.4 Å². The number of halogens is 4. The highest BCUT2D eigenvalue weighted by atomic mass is 19.3. The average Bonchev–Trinajstić information content (AvgIpc) is 3.38. The third-order valence-corrected chi connectivity index (χ3v) is 7.69. The summed E-state index contributed by atoms with van der Waals surface area (Å²) in [5.41, 5.74) is 13.6. The van der Waals surface area contributed by atoms with E-state index in [9.17, 15) is 17.6 Å². The van der Waals surface area contributed by atoms with E-state index < -0.39 is 29.2 Å². The Morgan fingerprint density at radius 2 is 1.90 bits per heavy atom. The highest BCUT2D eigenvalue weighted by Gasteiger charge is 2.41. The Morgan fingerprint density at radius 3 is 2.68 bits per heavy atom. The van der Waals surface area contributed by atoms with Crippen LogP contribution in [0, 0.1) is 11.6 Å². The Bertz CT molecular complexity index is 1580. The molecule has 2 fully saturated rings. The normalized spacial score (nSPS) is 21.6. The van der Waals surface area contributed by atoms with Gasteiger partial charge in [-0.05, 0) is 36.6 Å². The van der Waals surface area contributed by atoms with E-state index in [1.165, 1.54) is 6.33 Å². The second-order valence-electron chi connectivity index (χ2n) is 10.3. The molecule has 41 heavy (non-hydrogen) atoms. The zero-order valence-corrected chi connectivity index (χ0v) is 21.9. The van der Waals surface area contributed by atoms with Crippen molar-refractivity contribution < 1.29 is 27.0 Å². The van der Waals surface area contributed by atoms with Gasteiger partial charge in [0.1, 0.15) is 17.9 Å². The zero-order chi connectivity index (χ0) is 28.7. The number of hydrogen-bond donors (Lipinski definition) is 2. The maximum Gasteiger partial charge on any atom is 0.264 e. The minimum absolute atomic E-state index is 0.0662. The smallest absolute Gasteiger partial charge is 0.264 e. The van der Waals surface area contributed by atoms with Crippen molar-refractivity contribution in [2.45, 2.75) is 37.5 Å². The fourth-order valence-corrected chi connectivity index (χ4v) is 5.61. The summed E-state index contributed by atoms with van der Waals surface area (Å²) in [5, 5.41) is 0.